The molecule has 1 aliphatic heterocycles. The van der Waals surface area contributed by atoms with Crippen molar-refractivity contribution in [3.05, 3.63) is 54.6 Å². The summed E-state index contributed by atoms with van der Waals surface area (Å²) in [6, 6.07) is 18.2. The Hall–Kier alpha value is -2.59. The van der Waals surface area contributed by atoms with Gasteiger partial charge in [-0.3, -0.25) is 0 Å². The fraction of sp³-hybridized carbons (Fsp3) is 0.250. The number of aromatic nitrogens is 1. The molecule has 1 N–H and O–H groups in total. The summed E-state index contributed by atoms with van der Waals surface area (Å²) in [6.07, 6.45) is 1.24. The van der Waals surface area contributed by atoms with E-state index in [1.165, 1.54) is 0 Å². The van der Waals surface area contributed by atoms with Crippen LogP contribution in [0, 0.1) is 0 Å². The second-order valence-corrected chi connectivity index (χ2v) is 5.99. The van der Waals surface area contributed by atoms with E-state index in [-0.39, 0.29) is 6.10 Å². The van der Waals surface area contributed by atoms with Crippen LogP contribution in [0.15, 0.2) is 54.6 Å². The highest BCUT2D eigenvalue weighted by Crippen LogP contribution is 2.33. The average Bonchev–Trinajstić information content (AvgIpc) is 3.15. The van der Waals surface area contributed by atoms with E-state index in [1.54, 1.807) is 7.11 Å². The van der Waals surface area contributed by atoms with Gasteiger partial charge in [0.1, 0.15) is 17.6 Å². The molecule has 0 radical (unpaired) electrons. The summed E-state index contributed by atoms with van der Waals surface area (Å²) in [4.78, 5) is 4.81. The molecule has 0 bridgehead atoms. The largest absolute Gasteiger partial charge is 0.497 e. The van der Waals surface area contributed by atoms with E-state index < -0.39 is 0 Å². The molecule has 1 saturated heterocycles. The summed E-state index contributed by atoms with van der Waals surface area (Å²) in [5.74, 6) is 1.68. The summed E-state index contributed by atoms with van der Waals surface area (Å²) in [5.41, 5.74) is 2.88. The lowest BCUT2D eigenvalue weighted by Gasteiger charge is -2.16. The highest BCUT2D eigenvalue weighted by molar-refractivity contribution is 5.89. The molecule has 4 rings (SSSR count). The maximum Gasteiger partial charge on any atom is 0.131 e. The maximum atomic E-state index is 6.28. The van der Waals surface area contributed by atoms with Gasteiger partial charge in [-0.2, -0.15) is 0 Å². The van der Waals surface area contributed by atoms with Crippen molar-refractivity contribution in [2.45, 2.75) is 12.5 Å². The molecule has 1 aliphatic rings. The van der Waals surface area contributed by atoms with Gasteiger partial charge in [-0.05, 0) is 25.1 Å². The molecular weight excluding hydrogens is 300 g/mol. The van der Waals surface area contributed by atoms with Gasteiger partial charge in [-0.15, -0.1) is 0 Å². The van der Waals surface area contributed by atoms with Crippen molar-refractivity contribution in [1.82, 2.24) is 10.3 Å². The molecule has 2 aromatic carbocycles. The van der Waals surface area contributed by atoms with Gasteiger partial charge in [-0.1, -0.05) is 30.3 Å². The third kappa shape index (κ3) is 2.93. The summed E-state index contributed by atoms with van der Waals surface area (Å²) in [6.45, 7) is 1.90. The summed E-state index contributed by atoms with van der Waals surface area (Å²) < 4.78 is 11.6. The van der Waals surface area contributed by atoms with Gasteiger partial charge in [0.05, 0.1) is 18.3 Å². The van der Waals surface area contributed by atoms with Crippen LogP contribution in [0.3, 0.4) is 0 Å². The van der Waals surface area contributed by atoms with Crippen LogP contribution in [0.2, 0.25) is 0 Å². The van der Waals surface area contributed by atoms with E-state index in [9.17, 15) is 0 Å². The topological polar surface area (TPSA) is 43.4 Å². The Morgan fingerprint density at radius 2 is 1.96 bits per heavy atom. The molecule has 0 saturated carbocycles. The smallest absolute Gasteiger partial charge is 0.131 e. The maximum absolute atomic E-state index is 6.28. The summed E-state index contributed by atoms with van der Waals surface area (Å²) in [5, 5.41) is 4.36. The first-order valence-electron chi connectivity index (χ1n) is 8.25. The monoisotopic (exact) mass is 320 g/mol. The molecule has 122 valence electrons. The zero-order valence-corrected chi connectivity index (χ0v) is 13.7. The van der Waals surface area contributed by atoms with Gasteiger partial charge in [0.25, 0.3) is 0 Å². The molecule has 0 aliphatic carbocycles. The van der Waals surface area contributed by atoms with Gasteiger partial charge >= 0.3 is 0 Å². The third-order valence-corrected chi connectivity index (χ3v) is 4.36. The van der Waals surface area contributed by atoms with E-state index in [4.69, 9.17) is 14.5 Å². The normalized spacial score (nSPS) is 17.1. The summed E-state index contributed by atoms with van der Waals surface area (Å²) in [7, 11) is 1.67. The molecule has 1 aromatic heterocycles. The number of hydrogen-bond donors (Lipinski definition) is 1. The van der Waals surface area contributed by atoms with Crippen LogP contribution in [0.25, 0.3) is 22.2 Å². The van der Waals surface area contributed by atoms with Crippen LogP contribution in [0.5, 0.6) is 11.5 Å². The molecule has 0 amide bonds. The van der Waals surface area contributed by atoms with Gasteiger partial charge < -0.3 is 14.8 Å². The van der Waals surface area contributed by atoms with Gasteiger partial charge in [0, 0.05) is 29.6 Å². The molecule has 4 nitrogen and oxygen atoms in total. The molecule has 0 spiro atoms. The van der Waals surface area contributed by atoms with E-state index in [1.807, 2.05) is 42.5 Å². The van der Waals surface area contributed by atoms with Crippen LogP contribution >= 0.6 is 0 Å². The minimum Gasteiger partial charge on any atom is -0.497 e. The first-order valence-corrected chi connectivity index (χ1v) is 8.25. The lowest BCUT2D eigenvalue weighted by Crippen LogP contribution is -2.19. The van der Waals surface area contributed by atoms with Crippen molar-refractivity contribution in [3.63, 3.8) is 0 Å². The van der Waals surface area contributed by atoms with E-state index in [2.05, 4.69) is 17.4 Å². The first kappa shape index (κ1) is 15.0. The predicted octanol–water partition coefficient (Wildman–Crippen LogP) is 3.65. The fourth-order valence-electron chi connectivity index (χ4n) is 3.07. The SMILES string of the molecule is COc1ccc2c(O[C@@H]3CCNC3)cc(-c3ccccc3)nc2c1. The number of nitrogens with zero attached hydrogens (tertiary/aromatic N) is 1. The van der Waals surface area contributed by atoms with E-state index >= 15 is 0 Å². The number of fused-ring (bicyclic) bond motifs is 1. The molecule has 1 fully saturated rings. The number of nitrogens with one attached hydrogen (secondary N) is 1. The highest BCUT2D eigenvalue weighted by Gasteiger charge is 2.18. The predicted molar refractivity (Wildman–Crippen MR) is 95.6 cm³/mol. The fourth-order valence-corrected chi connectivity index (χ4v) is 3.07. The van der Waals surface area contributed by atoms with Crippen LogP contribution < -0.4 is 14.8 Å². The second-order valence-electron chi connectivity index (χ2n) is 5.99. The van der Waals surface area contributed by atoms with Crippen molar-refractivity contribution >= 4 is 10.9 Å². The Morgan fingerprint density at radius 3 is 2.71 bits per heavy atom. The molecule has 0 unspecified atom stereocenters. The number of methoxy groups -OCH3 is 1. The Balaban J connectivity index is 1.84. The molecular formula is C20H20N2O2. The highest BCUT2D eigenvalue weighted by atomic mass is 16.5. The van der Waals surface area contributed by atoms with Crippen molar-refractivity contribution < 1.29 is 9.47 Å². The van der Waals surface area contributed by atoms with Crippen molar-refractivity contribution in [3.8, 4) is 22.8 Å². The van der Waals surface area contributed by atoms with Crippen LogP contribution in [0.4, 0.5) is 0 Å². The Labute approximate surface area is 141 Å². The minimum absolute atomic E-state index is 0.210. The van der Waals surface area contributed by atoms with Gasteiger partial charge in [0.15, 0.2) is 0 Å². The minimum atomic E-state index is 0.210. The molecule has 2 heterocycles. The number of pyridine rings is 1. The molecule has 3 aromatic rings. The standard InChI is InChI=1S/C20H20N2O2/c1-23-15-7-8-17-19(11-15)22-18(14-5-3-2-4-6-14)12-20(17)24-16-9-10-21-13-16/h2-8,11-12,16,21H,9-10,13H2,1H3/t16-/m1/s1. The number of rotatable bonds is 4. The lowest BCUT2D eigenvalue weighted by atomic mass is 10.1. The molecule has 4 heteroatoms. The number of hydrogen-bond acceptors (Lipinski definition) is 4. The average molecular weight is 320 g/mol. The first-order chi connectivity index (χ1) is 11.8. The van der Waals surface area contributed by atoms with Crippen LogP contribution in [-0.2, 0) is 0 Å². The Bertz CT molecular complexity index is 843. The third-order valence-electron chi connectivity index (χ3n) is 4.36. The van der Waals surface area contributed by atoms with Crippen molar-refractivity contribution in [1.29, 1.82) is 0 Å². The van der Waals surface area contributed by atoms with E-state index in [0.29, 0.717) is 0 Å². The number of ether oxygens (including phenoxy) is 2. The Morgan fingerprint density at radius 1 is 1.08 bits per heavy atom. The van der Waals surface area contributed by atoms with Crippen LogP contribution in [0.1, 0.15) is 6.42 Å². The second kappa shape index (κ2) is 6.49. The quantitative estimate of drug-likeness (QED) is 0.797. The zero-order chi connectivity index (χ0) is 16.4. The summed E-state index contributed by atoms with van der Waals surface area (Å²) >= 11 is 0. The zero-order valence-electron chi connectivity index (χ0n) is 13.7. The van der Waals surface area contributed by atoms with Gasteiger partial charge in [-0.25, -0.2) is 4.98 Å². The molecule has 24 heavy (non-hydrogen) atoms. The lowest BCUT2D eigenvalue weighted by molar-refractivity contribution is 0.226. The van der Waals surface area contributed by atoms with Gasteiger partial charge in [0.2, 0.25) is 0 Å². The number of benzene rings is 2. The Kier molecular flexibility index (Phi) is 4.05. The van der Waals surface area contributed by atoms with Crippen molar-refractivity contribution in [2.24, 2.45) is 0 Å². The van der Waals surface area contributed by atoms with E-state index in [0.717, 1.165) is 53.2 Å². The van der Waals surface area contributed by atoms with Crippen molar-refractivity contribution in [2.75, 3.05) is 20.2 Å². The van der Waals surface area contributed by atoms with Crippen LogP contribution in [-0.4, -0.2) is 31.3 Å². The molecule has 1 atom stereocenters.